The van der Waals surface area contributed by atoms with E-state index in [0.29, 0.717) is 15.8 Å². The minimum absolute atomic E-state index is 0.295. The Morgan fingerprint density at radius 1 is 1.22 bits per heavy atom. The average molecular weight is 377 g/mol. The quantitative estimate of drug-likeness (QED) is 0.805. The molecule has 0 aliphatic rings. The monoisotopic (exact) mass is 375 g/mol. The van der Waals surface area contributed by atoms with Gasteiger partial charge in [0.25, 0.3) is 11.5 Å². The zero-order chi connectivity index (χ0) is 17.2. The summed E-state index contributed by atoms with van der Waals surface area (Å²) in [5, 5.41) is 2.40. The number of hydrogen-bond acceptors (Lipinski definition) is 3. The lowest BCUT2D eigenvalue weighted by molar-refractivity contribution is 0.0918. The first-order valence-electron chi connectivity index (χ1n) is 6.45. The zero-order valence-corrected chi connectivity index (χ0v) is 14.1. The molecule has 6 nitrogen and oxygen atoms in total. The van der Waals surface area contributed by atoms with Gasteiger partial charge < -0.3 is 10.3 Å². The fourth-order valence-corrected chi connectivity index (χ4v) is 2.41. The van der Waals surface area contributed by atoms with Crippen molar-refractivity contribution in [3.8, 4) is 0 Å². The second-order valence-electron chi connectivity index (χ2n) is 4.75. The number of H-pyrrole nitrogens is 1. The van der Waals surface area contributed by atoms with E-state index in [9.17, 15) is 14.4 Å². The van der Waals surface area contributed by atoms with Crippen LogP contribution in [0.1, 0.15) is 22.2 Å². The fourth-order valence-electron chi connectivity index (χ4n) is 1.95. The molecule has 0 saturated carbocycles. The maximum absolute atomic E-state index is 12.2. The Bertz CT molecular complexity index is 794. The number of nitrogens with one attached hydrogen (secondary N) is 2. The number of alkyl halides is 3. The molecule has 0 unspecified atom stereocenters. The van der Waals surface area contributed by atoms with Gasteiger partial charge in [0.15, 0.2) is 6.17 Å². The molecule has 0 radical (unpaired) electrons. The minimum atomic E-state index is -2.11. The first kappa shape index (κ1) is 17.6. The van der Waals surface area contributed by atoms with Gasteiger partial charge in [-0.2, -0.15) is 0 Å². The van der Waals surface area contributed by atoms with Crippen molar-refractivity contribution in [2.45, 2.75) is 16.9 Å². The van der Waals surface area contributed by atoms with Gasteiger partial charge in [0.1, 0.15) is 0 Å². The second kappa shape index (κ2) is 6.78. The summed E-state index contributed by atoms with van der Waals surface area (Å²) in [6, 6.07) is 9.31. The largest absolute Gasteiger partial charge is 0.330 e. The molecule has 0 fully saturated rings. The smallest absolute Gasteiger partial charge is 0.328 e. The Morgan fingerprint density at radius 2 is 1.83 bits per heavy atom. The highest BCUT2D eigenvalue weighted by Crippen LogP contribution is 2.35. The number of hydrogen-bond donors (Lipinski definition) is 2. The van der Waals surface area contributed by atoms with E-state index in [0.717, 1.165) is 0 Å². The van der Waals surface area contributed by atoms with Crippen LogP contribution in [0, 0.1) is 6.92 Å². The van der Waals surface area contributed by atoms with Crippen molar-refractivity contribution in [1.82, 2.24) is 14.9 Å². The van der Waals surface area contributed by atoms with Gasteiger partial charge in [-0.25, -0.2) is 9.36 Å². The standard InChI is InChI=1S/C14H12Cl3N3O3/c1-8-7-10(21)20(13(23)18-8)12(14(15,16)17)19-11(22)9-5-3-2-4-6-9/h2-7,12H,1H3,(H,18,23)(H,19,22)/t12-/m0/s1. The van der Waals surface area contributed by atoms with Gasteiger partial charge in [-0.1, -0.05) is 53.0 Å². The van der Waals surface area contributed by atoms with Crippen LogP contribution >= 0.6 is 34.8 Å². The minimum Gasteiger partial charge on any atom is -0.328 e. The van der Waals surface area contributed by atoms with Crippen molar-refractivity contribution in [3.05, 3.63) is 68.5 Å². The van der Waals surface area contributed by atoms with Gasteiger partial charge in [0.2, 0.25) is 3.79 Å². The molecule has 23 heavy (non-hydrogen) atoms. The van der Waals surface area contributed by atoms with Crippen molar-refractivity contribution in [2.75, 3.05) is 0 Å². The van der Waals surface area contributed by atoms with E-state index < -0.39 is 27.1 Å². The van der Waals surface area contributed by atoms with Gasteiger partial charge in [-0.3, -0.25) is 9.59 Å². The lowest BCUT2D eigenvalue weighted by atomic mass is 10.2. The first-order valence-corrected chi connectivity index (χ1v) is 7.58. The average Bonchev–Trinajstić information content (AvgIpc) is 2.45. The van der Waals surface area contributed by atoms with Crippen molar-refractivity contribution >= 4 is 40.7 Å². The molecule has 0 aliphatic heterocycles. The molecule has 2 aromatic rings. The maximum Gasteiger partial charge on any atom is 0.330 e. The summed E-state index contributed by atoms with van der Waals surface area (Å²) in [7, 11) is 0. The molecule has 2 rings (SSSR count). The summed E-state index contributed by atoms with van der Waals surface area (Å²) in [5.41, 5.74) is -0.840. The Labute approximate surface area is 146 Å². The number of carbonyl (C=O) groups is 1. The molecule has 2 N–H and O–H groups in total. The van der Waals surface area contributed by atoms with E-state index in [2.05, 4.69) is 10.3 Å². The summed E-state index contributed by atoms with van der Waals surface area (Å²) in [6.07, 6.45) is -1.47. The van der Waals surface area contributed by atoms with E-state index in [1.165, 1.54) is 6.07 Å². The molecule has 0 spiro atoms. The molecule has 0 saturated heterocycles. The Morgan fingerprint density at radius 3 is 2.35 bits per heavy atom. The Hall–Kier alpha value is -1.76. The van der Waals surface area contributed by atoms with Gasteiger partial charge in [0, 0.05) is 17.3 Å². The molecule has 1 aromatic carbocycles. The molecular formula is C14H12Cl3N3O3. The molecule has 1 aromatic heterocycles. The number of carbonyl (C=O) groups excluding carboxylic acids is 1. The summed E-state index contributed by atoms with van der Waals surface area (Å²) < 4.78 is -1.46. The second-order valence-corrected chi connectivity index (χ2v) is 7.12. The number of aromatic nitrogens is 2. The number of amides is 1. The van der Waals surface area contributed by atoms with Crippen LogP contribution in [0.3, 0.4) is 0 Å². The lowest BCUT2D eigenvalue weighted by Crippen LogP contribution is -2.50. The number of rotatable bonds is 3. The van der Waals surface area contributed by atoms with Crippen LogP contribution in [0.4, 0.5) is 0 Å². The third kappa shape index (κ3) is 4.16. The highest BCUT2D eigenvalue weighted by atomic mass is 35.6. The number of halogens is 3. The number of aryl methyl sites for hydroxylation is 1. The van der Waals surface area contributed by atoms with Crippen LogP contribution in [0.5, 0.6) is 0 Å². The highest BCUT2D eigenvalue weighted by molar-refractivity contribution is 6.67. The van der Waals surface area contributed by atoms with Crippen LogP contribution in [-0.4, -0.2) is 19.3 Å². The molecular weight excluding hydrogens is 365 g/mol. The molecule has 1 heterocycles. The van der Waals surface area contributed by atoms with E-state index in [4.69, 9.17) is 34.8 Å². The number of nitrogens with zero attached hydrogens (tertiary/aromatic N) is 1. The maximum atomic E-state index is 12.2. The van der Waals surface area contributed by atoms with E-state index in [-0.39, 0.29) is 0 Å². The molecule has 1 amide bonds. The molecule has 1 atom stereocenters. The topological polar surface area (TPSA) is 84.0 Å². The predicted molar refractivity (Wildman–Crippen MR) is 89.3 cm³/mol. The SMILES string of the molecule is Cc1cc(=O)n([C@H](NC(=O)c2ccccc2)C(Cl)(Cl)Cl)c(=O)[nH]1. The molecule has 122 valence electrons. The third-order valence-electron chi connectivity index (χ3n) is 2.97. The highest BCUT2D eigenvalue weighted by Gasteiger charge is 2.37. The summed E-state index contributed by atoms with van der Waals surface area (Å²) >= 11 is 17.6. The Balaban J connectivity index is 2.47. The van der Waals surface area contributed by atoms with Crippen LogP contribution in [0.2, 0.25) is 0 Å². The summed E-state index contributed by atoms with van der Waals surface area (Å²) in [6.45, 7) is 1.54. The van der Waals surface area contributed by atoms with Gasteiger partial charge >= 0.3 is 5.69 Å². The van der Waals surface area contributed by atoms with Crippen LogP contribution in [-0.2, 0) is 0 Å². The number of benzene rings is 1. The Kier molecular flexibility index (Phi) is 5.19. The first-order chi connectivity index (χ1) is 10.7. The van der Waals surface area contributed by atoms with Gasteiger partial charge in [-0.15, -0.1) is 0 Å². The third-order valence-corrected chi connectivity index (χ3v) is 3.59. The van der Waals surface area contributed by atoms with Crippen LogP contribution in [0.25, 0.3) is 0 Å². The van der Waals surface area contributed by atoms with Gasteiger partial charge in [0.05, 0.1) is 0 Å². The lowest BCUT2D eigenvalue weighted by Gasteiger charge is -2.26. The van der Waals surface area contributed by atoms with E-state index in [1.807, 2.05) is 0 Å². The van der Waals surface area contributed by atoms with Crippen molar-refractivity contribution < 1.29 is 4.79 Å². The van der Waals surface area contributed by atoms with Crippen molar-refractivity contribution in [1.29, 1.82) is 0 Å². The fraction of sp³-hybridized carbons (Fsp3) is 0.214. The van der Waals surface area contributed by atoms with Gasteiger partial charge in [-0.05, 0) is 19.1 Å². The van der Waals surface area contributed by atoms with Crippen molar-refractivity contribution in [3.63, 3.8) is 0 Å². The molecule has 0 aliphatic carbocycles. The molecule has 0 bridgehead atoms. The summed E-state index contributed by atoms with van der Waals surface area (Å²) in [5.74, 6) is -0.589. The summed E-state index contributed by atoms with van der Waals surface area (Å²) in [4.78, 5) is 38.8. The van der Waals surface area contributed by atoms with Crippen LogP contribution < -0.4 is 16.6 Å². The van der Waals surface area contributed by atoms with E-state index >= 15 is 0 Å². The normalized spacial score (nSPS) is 12.7. The molecule has 9 heteroatoms. The predicted octanol–water partition coefficient (Wildman–Crippen LogP) is 2.14. The van der Waals surface area contributed by atoms with Crippen molar-refractivity contribution in [2.24, 2.45) is 0 Å². The van der Waals surface area contributed by atoms with E-state index in [1.54, 1.807) is 37.3 Å². The zero-order valence-electron chi connectivity index (χ0n) is 11.8. The number of aromatic amines is 1. The van der Waals surface area contributed by atoms with Crippen LogP contribution in [0.15, 0.2) is 46.0 Å².